The zero-order valence-corrected chi connectivity index (χ0v) is 20.3. The molecule has 7 nitrogen and oxygen atoms in total. The van der Waals surface area contributed by atoms with Gasteiger partial charge in [0.05, 0.1) is 12.1 Å². The Morgan fingerprint density at radius 2 is 1.78 bits per heavy atom. The average molecular weight is 506 g/mol. The standard InChI is InChI=1S/C27H26F3N7/c1-36(21-8-3-2-4-9-21)26-35-25-23(37(26)17-19-10-12-20(13-11-19)27(28,29)30)24(33-22(16-31)34-25)32-15-14-18-6-5-7-18/h2-4,8-13,18H,5-7,14-15,17H2,1H3,(H,32,33,34). The second kappa shape index (κ2) is 10.1. The van der Waals surface area contributed by atoms with Crippen molar-refractivity contribution in [2.75, 3.05) is 23.8 Å². The summed E-state index contributed by atoms with van der Waals surface area (Å²) in [6, 6.07) is 16.7. The monoisotopic (exact) mass is 505 g/mol. The molecule has 0 atom stereocenters. The Bertz CT molecular complexity index is 1420. The van der Waals surface area contributed by atoms with Crippen molar-refractivity contribution in [2.24, 2.45) is 5.92 Å². The van der Waals surface area contributed by atoms with E-state index >= 15 is 0 Å². The summed E-state index contributed by atoms with van der Waals surface area (Å²) in [5.74, 6) is 1.73. The van der Waals surface area contributed by atoms with E-state index in [1.54, 1.807) is 0 Å². The van der Waals surface area contributed by atoms with Crippen molar-refractivity contribution >= 4 is 28.6 Å². The predicted molar refractivity (Wildman–Crippen MR) is 136 cm³/mol. The molecule has 37 heavy (non-hydrogen) atoms. The van der Waals surface area contributed by atoms with Crippen LogP contribution in [-0.2, 0) is 12.7 Å². The van der Waals surface area contributed by atoms with E-state index in [-0.39, 0.29) is 12.4 Å². The van der Waals surface area contributed by atoms with Gasteiger partial charge < -0.3 is 14.8 Å². The van der Waals surface area contributed by atoms with Crippen molar-refractivity contribution in [2.45, 2.75) is 38.4 Å². The molecule has 2 aromatic carbocycles. The molecule has 0 aliphatic heterocycles. The van der Waals surface area contributed by atoms with Crippen LogP contribution in [0.15, 0.2) is 54.6 Å². The highest BCUT2D eigenvalue weighted by Gasteiger charge is 2.30. The van der Waals surface area contributed by atoms with Crippen molar-refractivity contribution in [1.29, 1.82) is 5.26 Å². The van der Waals surface area contributed by atoms with Gasteiger partial charge in [-0.15, -0.1) is 0 Å². The number of imidazole rings is 1. The summed E-state index contributed by atoms with van der Waals surface area (Å²) in [6.07, 6.45) is 0.301. The molecule has 190 valence electrons. The Hall–Kier alpha value is -4.13. The van der Waals surface area contributed by atoms with Crippen LogP contribution in [0.25, 0.3) is 11.2 Å². The molecule has 10 heteroatoms. The third-order valence-electron chi connectivity index (χ3n) is 6.82. The van der Waals surface area contributed by atoms with Gasteiger partial charge in [-0.2, -0.15) is 33.4 Å². The summed E-state index contributed by atoms with van der Waals surface area (Å²) in [5, 5.41) is 12.9. The molecular weight excluding hydrogens is 479 g/mol. The Kier molecular flexibility index (Phi) is 6.70. The van der Waals surface area contributed by atoms with Crippen molar-refractivity contribution in [1.82, 2.24) is 19.5 Å². The smallest absolute Gasteiger partial charge is 0.368 e. The number of hydrogen-bond acceptors (Lipinski definition) is 6. The van der Waals surface area contributed by atoms with E-state index in [0.717, 1.165) is 24.2 Å². The Balaban J connectivity index is 1.59. The van der Waals surface area contributed by atoms with E-state index in [9.17, 15) is 18.4 Å². The molecule has 1 aliphatic rings. The second-order valence-corrected chi connectivity index (χ2v) is 9.28. The second-order valence-electron chi connectivity index (χ2n) is 9.28. The minimum absolute atomic E-state index is 0.00624. The Labute approximate surface area is 212 Å². The zero-order valence-electron chi connectivity index (χ0n) is 20.3. The van der Waals surface area contributed by atoms with Gasteiger partial charge in [0.15, 0.2) is 11.5 Å². The van der Waals surface area contributed by atoms with E-state index in [0.29, 0.717) is 41.0 Å². The lowest BCUT2D eigenvalue weighted by Gasteiger charge is -2.25. The minimum Gasteiger partial charge on any atom is -0.368 e. The highest BCUT2D eigenvalue weighted by atomic mass is 19.4. The molecule has 1 N–H and O–H groups in total. The van der Waals surface area contributed by atoms with Crippen LogP contribution in [0.3, 0.4) is 0 Å². The van der Waals surface area contributed by atoms with Gasteiger partial charge in [0, 0.05) is 19.3 Å². The third kappa shape index (κ3) is 5.21. The van der Waals surface area contributed by atoms with Gasteiger partial charge in [-0.1, -0.05) is 49.6 Å². The van der Waals surface area contributed by atoms with Crippen LogP contribution in [0.5, 0.6) is 0 Å². The molecule has 0 radical (unpaired) electrons. The number of halogens is 3. The molecule has 0 saturated heterocycles. The molecule has 0 unspecified atom stereocenters. The molecule has 2 heterocycles. The first-order valence-electron chi connectivity index (χ1n) is 12.2. The Morgan fingerprint density at radius 1 is 1.05 bits per heavy atom. The lowest BCUT2D eigenvalue weighted by molar-refractivity contribution is -0.137. The van der Waals surface area contributed by atoms with E-state index < -0.39 is 11.7 Å². The van der Waals surface area contributed by atoms with Crippen LogP contribution in [0.2, 0.25) is 0 Å². The first-order chi connectivity index (χ1) is 17.8. The van der Waals surface area contributed by atoms with Gasteiger partial charge in [0.2, 0.25) is 11.8 Å². The number of anilines is 3. The van der Waals surface area contributed by atoms with Crippen molar-refractivity contribution < 1.29 is 13.2 Å². The van der Waals surface area contributed by atoms with Crippen LogP contribution in [-0.4, -0.2) is 33.1 Å². The fraction of sp³-hybridized carbons (Fsp3) is 0.333. The zero-order chi connectivity index (χ0) is 26.0. The molecule has 1 aliphatic carbocycles. The number of nitriles is 1. The summed E-state index contributed by atoms with van der Waals surface area (Å²) in [7, 11) is 1.86. The highest BCUT2D eigenvalue weighted by molar-refractivity contribution is 5.87. The molecule has 0 amide bonds. The first-order valence-corrected chi connectivity index (χ1v) is 12.2. The Morgan fingerprint density at radius 3 is 2.41 bits per heavy atom. The average Bonchev–Trinajstić information content (AvgIpc) is 3.23. The van der Waals surface area contributed by atoms with Crippen molar-refractivity contribution in [3.05, 3.63) is 71.5 Å². The fourth-order valence-electron chi connectivity index (χ4n) is 4.53. The van der Waals surface area contributed by atoms with Crippen LogP contribution in [0.1, 0.15) is 42.6 Å². The lowest BCUT2D eigenvalue weighted by Crippen LogP contribution is -2.18. The van der Waals surface area contributed by atoms with Gasteiger partial charge >= 0.3 is 6.18 Å². The molecule has 5 rings (SSSR count). The number of nitrogens with one attached hydrogen (secondary N) is 1. The van der Waals surface area contributed by atoms with E-state index in [4.69, 9.17) is 4.98 Å². The first kappa shape index (κ1) is 24.6. The van der Waals surface area contributed by atoms with Crippen LogP contribution in [0, 0.1) is 17.2 Å². The predicted octanol–water partition coefficient (Wildman–Crippen LogP) is 6.14. The number of alkyl halides is 3. The van der Waals surface area contributed by atoms with Crippen LogP contribution in [0.4, 0.5) is 30.6 Å². The molecular formula is C27H26F3N7. The van der Waals surface area contributed by atoms with E-state index in [2.05, 4.69) is 15.3 Å². The number of benzene rings is 2. The molecule has 2 aromatic heterocycles. The molecule has 1 fully saturated rings. The van der Waals surface area contributed by atoms with E-state index in [1.807, 2.05) is 52.9 Å². The SMILES string of the molecule is CN(c1ccccc1)c1nc2nc(C#N)nc(NCCC3CCC3)c2n1Cc1ccc(C(F)(F)F)cc1. The quantitative estimate of drug-likeness (QED) is 0.310. The number of rotatable bonds is 8. The van der Waals surface area contributed by atoms with E-state index in [1.165, 1.54) is 31.4 Å². The van der Waals surface area contributed by atoms with Crippen LogP contribution < -0.4 is 10.2 Å². The highest BCUT2D eigenvalue weighted by Crippen LogP contribution is 2.33. The molecule has 1 saturated carbocycles. The molecule has 0 bridgehead atoms. The van der Waals surface area contributed by atoms with Gasteiger partial charge in [0.1, 0.15) is 11.6 Å². The largest absolute Gasteiger partial charge is 0.416 e. The van der Waals surface area contributed by atoms with Gasteiger partial charge in [0.25, 0.3) is 0 Å². The maximum absolute atomic E-state index is 13.1. The number of para-hydroxylation sites is 1. The lowest BCUT2D eigenvalue weighted by atomic mass is 9.83. The number of aromatic nitrogens is 4. The van der Waals surface area contributed by atoms with Crippen molar-refractivity contribution in [3.63, 3.8) is 0 Å². The maximum Gasteiger partial charge on any atom is 0.416 e. The number of hydrogen-bond donors (Lipinski definition) is 1. The maximum atomic E-state index is 13.1. The number of nitrogens with zero attached hydrogens (tertiary/aromatic N) is 6. The molecule has 0 spiro atoms. The van der Waals surface area contributed by atoms with Crippen molar-refractivity contribution in [3.8, 4) is 6.07 Å². The summed E-state index contributed by atoms with van der Waals surface area (Å²) in [4.78, 5) is 15.4. The summed E-state index contributed by atoms with van der Waals surface area (Å²) >= 11 is 0. The third-order valence-corrected chi connectivity index (χ3v) is 6.82. The van der Waals surface area contributed by atoms with Crippen LogP contribution >= 0.6 is 0 Å². The fourth-order valence-corrected chi connectivity index (χ4v) is 4.53. The number of fused-ring (bicyclic) bond motifs is 1. The van der Waals surface area contributed by atoms with Gasteiger partial charge in [-0.05, 0) is 42.2 Å². The summed E-state index contributed by atoms with van der Waals surface area (Å²) in [5.41, 5.74) is 1.79. The minimum atomic E-state index is -4.40. The molecule has 4 aromatic rings. The normalized spacial score (nSPS) is 13.8. The summed E-state index contributed by atoms with van der Waals surface area (Å²) < 4.78 is 41.2. The summed E-state index contributed by atoms with van der Waals surface area (Å²) in [6.45, 7) is 0.935. The van der Waals surface area contributed by atoms with Gasteiger partial charge in [-0.3, -0.25) is 0 Å². The van der Waals surface area contributed by atoms with Gasteiger partial charge in [-0.25, -0.2) is 0 Å². The topological polar surface area (TPSA) is 82.7 Å².